The second-order valence-corrected chi connectivity index (χ2v) is 3.99. The summed E-state index contributed by atoms with van der Waals surface area (Å²) in [7, 11) is 0. The fraction of sp³-hybridized carbons (Fsp3) is 0.200. The second-order valence-electron chi connectivity index (χ2n) is 2.94. The maximum Gasteiger partial charge on any atom is 0.350 e. The van der Waals surface area contributed by atoms with Crippen LogP contribution >= 0.6 is 11.3 Å². The molecule has 0 N–H and O–H groups in total. The molecule has 17 heavy (non-hydrogen) atoms. The van der Waals surface area contributed by atoms with Crippen LogP contribution in [-0.4, -0.2) is 28.6 Å². The number of fused-ring (bicyclic) bond motifs is 1. The first-order chi connectivity index (χ1) is 8.27. The highest BCUT2D eigenvalue weighted by Crippen LogP contribution is 2.36. The van der Waals surface area contributed by atoms with Crippen LogP contribution in [0.15, 0.2) is 17.5 Å². The SMILES string of the molecule is CCOC(=O)c1sc2cncnc2c1N=C=O. The molecule has 86 valence electrons. The van der Waals surface area contributed by atoms with Crippen molar-refractivity contribution in [2.45, 2.75) is 6.92 Å². The predicted molar refractivity (Wildman–Crippen MR) is 61.2 cm³/mol. The van der Waals surface area contributed by atoms with Crippen LogP contribution in [-0.2, 0) is 9.53 Å². The highest BCUT2D eigenvalue weighted by molar-refractivity contribution is 7.21. The van der Waals surface area contributed by atoms with Gasteiger partial charge in [0.1, 0.15) is 22.4 Å². The minimum atomic E-state index is -0.524. The Morgan fingerprint density at radius 3 is 3.18 bits per heavy atom. The van der Waals surface area contributed by atoms with E-state index in [0.29, 0.717) is 10.2 Å². The zero-order valence-electron chi connectivity index (χ0n) is 8.84. The highest BCUT2D eigenvalue weighted by atomic mass is 32.1. The van der Waals surface area contributed by atoms with E-state index in [-0.39, 0.29) is 17.2 Å². The maximum absolute atomic E-state index is 11.7. The Labute approximate surface area is 100.0 Å². The van der Waals surface area contributed by atoms with E-state index in [9.17, 15) is 9.59 Å². The summed E-state index contributed by atoms with van der Waals surface area (Å²) in [6.45, 7) is 1.96. The van der Waals surface area contributed by atoms with Crippen molar-refractivity contribution < 1.29 is 14.3 Å². The van der Waals surface area contributed by atoms with Gasteiger partial charge < -0.3 is 4.74 Å². The summed E-state index contributed by atoms with van der Waals surface area (Å²) in [5.74, 6) is -0.524. The number of nitrogens with zero attached hydrogens (tertiary/aromatic N) is 3. The molecule has 0 saturated carbocycles. The monoisotopic (exact) mass is 249 g/mol. The van der Waals surface area contributed by atoms with Gasteiger partial charge in [-0.25, -0.2) is 19.6 Å². The number of carbonyl (C=O) groups is 1. The molecule has 2 rings (SSSR count). The number of ether oxygens (including phenoxy) is 1. The molecule has 6 nitrogen and oxygen atoms in total. The van der Waals surface area contributed by atoms with Crippen molar-refractivity contribution >= 4 is 39.3 Å². The number of rotatable bonds is 3. The van der Waals surface area contributed by atoms with E-state index in [1.54, 1.807) is 13.1 Å². The molecule has 2 aromatic heterocycles. The Bertz CT molecular complexity index is 616. The van der Waals surface area contributed by atoms with Crippen LogP contribution in [0.2, 0.25) is 0 Å². The molecule has 0 fully saturated rings. The zero-order chi connectivity index (χ0) is 12.3. The molecule has 7 heteroatoms. The highest BCUT2D eigenvalue weighted by Gasteiger charge is 2.20. The number of isocyanates is 1. The number of aliphatic imine (C=N–C) groups is 1. The van der Waals surface area contributed by atoms with Gasteiger partial charge in [-0.3, -0.25) is 0 Å². The number of hydrogen-bond donors (Lipinski definition) is 0. The lowest BCUT2D eigenvalue weighted by Gasteiger charge is -1.98. The fourth-order valence-corrected chi connectivity index (χ4v) is 2.28. The van der Waals surface area contributed by atoms with Crippen LogP contribution in [0.4, 0.5) is 5.69 Å². The number of carbonyl (C=O) groups excluding carboxylic acids is 2. The van der Waals surface area contributed by atoms with Gasteiger partial charge in [-0.15, -0.1) is 11.3 Å². The summed E-state index contributed by atoms with van der Waals surface area (Å²) >= 11 is 1.14. The molecule has 0 radical (unpaired) electrons. The molecule has 0 unspecified atom stereocenters. The summed E-state index contributed by atoms with van der Waals surface area (Å²) in [6.07, 6.45) is 4.30. The van der Waals surface area contributed by atoms with Gasteiger partial charge in [-0.1, -0.05) is 0 Å². The quantitative estimate of drug-likeness (QED) is 0.471. The van der Waals surface area contributed by atoms with Crippen molar-refractivity contribution in [2.24, 2.45) is 4.99 Å². The Kier molecular flexibility index (Phi) is 3.22. The number of thiophene rings is 1. The molecule has 2 heterocycles. The summed E-state index contributed by atoms with van der Waals surface area (Å²) in [4.78, 5) is 33.6. The lowest BCUT2D eigenvalue weighted by Crippen LogP contribution is -2.02. The smallest absolute Gasteiger partial charge is 0.350 e. The first-order valence-electron chi connectivity index (χ1n) is 4.75. The lowest BCUT2D eigenvalue weighted by atomic mass is 10.3. The minimum Gasteiger partial charge on any atom is -0.462 e. The molecule has 0 saturated heterocycles. The Hall–Kier alpha value is -2.11. The zero-order valence-corrected chi connectivity index (χ0v) is 9.65. The standard InChI is InChI=1S/C10H7N3O3S/c1-2-16-10(15)9-8(13-5-14)7-6(17-9)3-11-4-12-7/h3-4H,2H2,1H3. The van der Waals surface area contributed by atoms with Crippen molar-refractivity contribution in [1.82, 2.24) is 9.97 Å². The molecule has 0 aliphatic heterocycles. The van der Waals surface area contributed by atoms with Gasteiger partial charge in [-0.2, -0.15) is 4.99 Å². The largest absolute Gasteiger partial charge is 0.462 e. The molecule has 0 bridgehead atoms. The van der Waals surface area contributed by atoms with Gasteiger partial charge in [0.25, 0.3) is 0 Å². The average molecular weight is 249 g/mol. The molecule has 2 aromatic rings. The third-order valence-corrected chi connectivity index (χ3v) is 3.03. The first kappa shape index (κ1) is 11.4. The van der Waals surface area contributed by atoms with Crippen molar-refractivity contribution in [3.63, 3.8) is 0 Å². The molecular formula is C10H7N3O3S. The van der Waals surface area contributed by atoms with Crippen LogP contribution in [0.25, 0.3) is 10.2 Å². The van der Waals surface area contributed by atoms with Crippen molar-refractivity contribution in [1.29, 1.82) is 0 Å². The van der Waals surface area contributed by atoms with Crippen molar-refractivity contribution in [2.75, 3.05) is 6.61 Å². The molecule has 0 atom stereocenters. The molecule has 0 aliphatic rings. The van der Waals surface area contributed by atoms with Gasteiger partial charge in [0.2, 0.25) is 6.08 Å². The molecular weight excluding hydrogens is 242 g/mol. The Morgan fingerprint density at radius 1 is 1.65 bits per heavy atom. The fourth-order valence-electron chi connectivity index (χ4n) is 1.32. The van der Waals surface area contributed by atoms with Crippen LogP contribution in [0.1, 0.15) is 16.6 Å². The Balaban J connectivity index is 2.65. The third-order valence-electron chi connectivity index (χ3n) is 1.95. The van der Waals surface area contributed by atoms with Gasteiger partial charge >= 0.3 is 5.97 Å². The van der Waals surface area contributed by atoms with E-state index in [2.05, 4.69) is 15.0 Å². The van der Waals surface area contributed by atoms with Crippen LogP contribution < -0.4 is 0 Å². The Morgan fingerprint density at radius 2 is 2.47 bits per heavy atom. The lowest BCUT2D eigenvalue weighted by molar-refractivity contribution is 0.0533. The van der Waals surface area contributed by atoms with E-state index in [0.717, 1.165) is 11.3 Å². The normalized spacial score (nSPS) is 9.94. The first-order valence-corrected chi connectivity index (χ1v) is 5.57. The van der Waals surface area contributed by atoms with E-state index >= 15 is 0 Å². The van der Waals surface area contributed by atoms with E-state index in [1.807, 2.05) is 0 Å². The minimum absolute atomic E-state index is 0.195. The van der Waals surface area contributed by atoms with Crippen LogP contribution in [0.5, 0.6) is 0 Å². The van der Waals surface area contributed by atoms with Crippen molar-refractivity contribution in [3.05, 3.63) is 17.4 Å². The summed E-state index contributed by atoms with van der Waals surface area (Å²) in [6, 6.07) is 0. The van der Waals surface area contributed by atoms with Crippen LogP contribution in [0, 0.1) is 0 Å². The third kappa shape index (κ3) is 2.06. The second kappa shape index (κ2) is 4.82. The van der Waals surface area contributed by atoms with E-state index < -0.39 is 5.97 Å². The number of esters is 1. The van der Waals surface area contributed by atoms with E-state index in [4.69, 9.17) is 4.74 Å². The van der Waals surface area contributed by atoms with Gasteiger partial charge in [0, 0.05) is 6.20 Å². The predicted octanol–water partition coefficient (Wildman–Crippen LogP) is 1.84. The summed E-state index contributed by atoms with van der Waals surface area (Å²) in [5, 5.41) is 0. The average Bonchev–Trinajstić information content (AvgIpc) is 2.70. The number of aromatic nitrogens is 2. The molecule has 0 spiro atoms. The van der Waals surface area contributed by atoms with Gasteiger partial charge in [0.15, 0.2) is 0 Å². The topological polar surface area (TPSA) is 81.5 Å². The maximum atomic E-state index is 11.7. The van der Waals surface area contributed by atoms with Gasteiger partial charge in [0.05, 0.1) is 11.3 Å². The molecule has 0 aliphatic carbocycles. The molecule has 0 amide bonds. The molecule has 0 aromatic carbocycles. The van der Waals surface area contributed by atoms with Crippen molar-refractivity contribution in [3.8, 4) is 0 Å². The van der Waals surface area contributed by atoms with Gasteiger partial charge in [-0.05, 0) is 6.92 Å². The van der Waals surface area contributed by atoms with E-state index in [1.165, 1.54) is 12.4 Å². The summed E-state index contributed by atoms with van der Waals surface area (Å²) in [5.41, 5.74) is 0.650. The van der Waals surface area contributed by atoms with Crippen LogP contribution in [0.3, 0.4) is 0 Å². The number of hydrogen-bond acceptors (Lipinski definition) is 7. The summed E-state index contributed by atoms with van der Waals surface area (Å²) < 4.78 is 5.55.